The molecule has 6 heteroatoms. The van der Waals surface area contributed by atoms with Crippen LogP contribution in [0.2, 0.25) is 0 Å². The molecule has 2 N–H and O–H groups in total. The minimum absolute atomic E-state index is 0.0349. The van der Waals surface area contributed by atoms with Gasteiger partial charge >= 0.3 is 0 Å². The highest BCUT2D eigenvalue weighted by Gasteiger charge is 2.35. The van der Waals surface area contributed by atoms with Gasteiger partial charge in [-0.05, 0) is 93.8 Å². The van der Waals surface area contributed by atoms with Crippen molar-refractivity contribution >= 4 is 17.5 Å². The van der Waals surface area contributed by atoms with Gasteiger partial charge in [0.2, 0.25) is 11.8 Å². The average Bonchev–Trinajstić information content (AvgIpc) is 3.56. The Labute approximate surface area is 221 Å². The summed E-state index contributed by atoms with van der Waals surface area (Å²) in [5, 5.41) is 6.39. The number of amides is 2. The van der Waals surface area contributed by atoms with Crippen molar-refractivity contribution in [2.45, 2.75) is 57.4 Å². The van der Waals surface area contributed by atoms with Crippen molar-refractivity contribution in [3.05, 3.63) is 65.2 Å². The quantitative estimate of drug-likeness (QED) is 0.546. The van der Waals surface area contributed by atoms with Crippen LogP contribution in [-0.2, 0) is 28.9 Å². The molecule has 0 bridgehead atoms. The summed E-state index contributed by atoms with van der Waals surface area (Å²) in [5.74, 6) is -0.232. The van der Waals surface area contributed by atoms with E-state index in [1.165, 1.54) is 36.0 Å². The van der Waals surface area contributed by atoms with Gasteiger partial charge in [-0.25, -0.2) is 0 Å². The van der Waals surface area contributed by atoms with Gasteiger partial charge in [0.1, 0.15) is 0 Å². The second kappa shape index (κ2) is 12.2. The zero-order valence-corrected chi connectivity index (χ0v) is 22.3. The molecule has 6 nitrogen and oxygen atoms in total. The van der Waals surface area contributed by atoms with Gasteiger partial charge in [0.15, 0.2) is 0 Å². The highest BCUT2D eigenvalue weighted by Crippen LogP contribution is 2.27. The number of carbonyl (C=O) groups excluding carboxylic acids is 2. The number of nitrogens with zero attached hydrogens (tertiary/aromatic N) is 2. The lowest BCUT2D eigenvalue weighted by molar-refractivity contribution is -0.130. The van der Waals surface area contributed by atoms with Crippen molar-refractivity contribution < 1.29 is 9.59 Å². The zero-order valence-electron chi connectivity index (χ0n) is 22.3. The van der Waals surface area contributed by atoms with E-state index >= 15 is 0 Å². The molecule has 2 amide bonds. The number of likely N-dealkylation sites (tertiary alicyclic amines) is 2. The molecule has 37 heavy (non-hydrogen) atoms. The highest BCUT2D eigenvalue weighted by molar-refractivity contribution is 5.93. The van der Waals surface area contributed by atoms with Gasteiger partial charge in [-0.2, -0.15) is 0 Å². The Morgan fingerprint density at radius 2 is 1.73 bits per heavy atom. The van der Waals surface area contributed by atoms with Crippen LogP contribution >= 0.6 is 0 Å². The van der Waals surface area contributed by atoms with E-state index in [1.54, 1.807) is 0 Å². The molecule has 0 aromatic heterocycles. The molecule has 3 atom stereocenters. The van der Waals surface area contributed by atoms with Gasteiger partial charge in [0.25, 0.3) is 0 Å². The van der Waals surface area contributed by atoms with Gasteiger partial charge < -0.3 is 20.4 Å². The summed E-state index contributed by atoms with van der Waals surface area (Å²) in [6.45, 7) is 4.12. The lowest BCUT2D eigenvalue weighted by Crippen LogP contribution is -2.50. The second-order valence-electron chi connectivity index (χ2n) is 11.3. The fourth-order valence-electron chi connectivity index (χ4n) is 6.43. The molecule has 1 aliphatic carbocycles. The van der Waals surface area contributed by atoms with Crippen molar-refractivity contribution in [3.8, 4) is 0 Å². The van der Waals surface area contributed by atoms with E-state index in [9.17, 15) is 9.59 Å². The number of hydrogen-bond donors (Lipinski definition) is 2. The highest BCUT2D eigenvalue weighted by atomic mass is 16.2. The Kier molecular flexibility index (Phi) is 8.57. The number of anilines is 1. The SMILES string of the molecule is CN1CCC[C@H]1CCNC(=O)[C@H]1C[C@@H](C(=O)Nc2ccc3c(c2)CCC3)CN(CCc2ccccc2)C1. The Balaban J connectivity index is 1.21. The first-order valence-corrected chi connectivity index (χ1v) is 14.2. The molecule has 0 spiro atoms. The summed E-state index contributed by atoms with van der Waals surface area (Å²) in [4.78, 5) is 31.4. The number of nitrogens with one attached hydrogen (secondary N) is 2. The second-order valence-corrected chi connectivity index (χ2v) is 11.3. The summed E-state index contributed by atoms with van der Waals surface area (Å²) in [6, 6.07) is 17.4. The van der Waals surface area contributed by atoms with Crippen molar-refractivity contribution in [2.24, 2.45) is 11.8 Å². The molecule has 2 heterocycles. The molecule has 2 aliphatic heterocycles. The Morgan fingerprint density at radius 1 is 0.946 bits per heavy atom. The van der Waals surface area contributed by atoms with E-state index in [2.05, 4.69) is 63.9 Å². The van der Waals surface area contributed by atoms with Crippen LogP contribution in [0, 0.1) is 11.8 Å². The molecular formula is C31H42N4O2. The molecule has 5 rings (SSSR count). The largest absolute Gasteiger partial charge is 0.356 e. The monoisotopic (exact) mass is 502 g/mol. The van der Waals surface area contributed by atoms with E-state index in [0.717, 1.165) is 44.5 Å². The maximum Gasteiger partial charge on any atom is 0.228 e. The first kappa shape index (κ1) is 25.9. The predicted octanol–water partition coefficient (Wildman–Crippen LogP) is 3.90. The number of rotatable bonds is 9. The van der Waals surface area contributed by atoms with Crippen LogP contribution in [0.3, 0.4) is 0 Å². The van der Waals surface area contributed by atoms with E-state index in [0.29, 0.717) is 32.1 Å². The number of carbonyl (C=O) groups is 2. The van der Waals surface area contributed by atoms with Crippen LogP contribution < -0.4 is 10.6 Å². The number of piperidine rings is 1. The maximum atomic E-state index is 13.4. The van der Waals surface area contributed by atoms with Crippen LogP contribution in [0.25, 0.3) is 0 Å². The molecule has 2 fully saturated rings. The van der Waals surface area contributed by atoms with Gasteiger partial charge in [-0.1, -0.05) is 36.4 Å². The van der Waals surface area contributed by atoms with Crippen LogP contribution in [0.15, 0.2) is 48.5 Å². The topological polar surface area (TPSA) is 64.7 Å². The third kappa shape index (κ3) is 6.79. The van der Waals surface area contributed by atoms with Gasteiger partial charge in [0, 0.05) is 37.9 Å². The number of benzene rings is 2. The smallest absolute Gasteiger partial charge is 0.228 e. The molecule has 198 valence electrons. The lowest BCUT2D eigenvalue weighted by atomic mass is 9.87. The van der Waals surface area contributed by atoms with Gasteiger partial charge in [-0.3, -0.25) is 9.59 Å². The summed E-state index contributed by atoms with van der Waals surface area (Å²) < 4.78 is 0. The molecule has 2 saturated heterocycles. The molecule has 0 saturated carbocycles. The normalized spacial score (nSPS) is 24.1. The summed E-state index contributed by atoms with van der Waals surface area (Å²) in [6.07, 6.45) is 8.40. The summed E-state index contributed by atoms with van der Waals surface area (Å²) >= 11 is 0. The lowest BCUT2D eigenvalue weighted by Gasteiger charge is -2.36. The molecule has 0 radical (unpaired) electrons. The number of aryl methyl sites for hydroxylation is 2. The Hall–Kier alpha value is -2.70. The van der Waals surface area contributed by atoms with E-state index in [4.69, 9.17) is 0 Å². The fourth-order valence-corrected chi connectivity index (χ4v) is 6.43. The van der Waals surface area contributed by atoms with E-state index < -0.39 is 0 Å². The van der Waals surface area contributed by atoms with Crippen LogP contribution in [0.5, 0.6) is 0 Å². The number of fused-ring (bicyclic) bond motifs is 1. The van der Waals surface area contributed by atoms with Crippen molar-refractivity contribution in [1.82, 2.24) is 15.1 Å². The van der Waals surface area contributed by atoms with Crippen molar-refractivity contribution in [1.29, 1.82) is 0 Å². The maximum absolute atomic E-state index is 13.4. The van der Waals surface area contributed by atoms with E-state index in [1.807, 2.05) is 12.1 Å². The summed E-state index contributed by atoms with van der Waals surface area (Å²) in [7, 11) is 2.18. The fraction of sp³-hybridized carbons (Fsp3) is 0.548. The van der Waals surface area contributed by atoms with Crippen LogP contribution in [0.4, 0.5) is 5.69 Å². The number of hydrogen-bond acceptors (Lipinski definition) is 4. The molecular weight excluding hydrogens is 460 g/mol. The zero-order chi connectivity index (χ0) is 25.6. The average molecular weight is 503 g/mol. The molecule has 0 unspecified atom stereocenters. The summed E-state index contributed by atoms with van der Waals surface area (Å²) in [5.41, 5.74) is 4.93. The van der Waals surface area contributed by atoms with Crippen molar-refractivity contribution in [2.75, 3.05) is 45.1 Å². The predicted molar refractivity (Wildman–Crippen MR) is 149 cm³/mol. The molecule has 2 aromatic rings. The van der Waals surface area contributed by atoms with Gasteiger partial charge in [0.05, 0.1) is 11.8 Å². The Morgan fingerprint density at radius 3 is 2.51 bits per heavy atom. The van der Waals surface area contributed by atoms with Gasteiger partial charge in [-0.15, -0.1) is 0 Å². The standard InChI is InChI=1S/C31H42N4O2/c1-34-17-6-11-29(34)14-16-32-30(36)26-19-27(22-35(21-26)18-15-23-7-3-2-4-8-23)31(37)33-28-13-12-24-9-5-10-25(24)20-28/h2-4,7-8,12-13,20,26-27,29H,5-6,9-11,14-19,21-22H2,1H3,(H,32,36)(H,33,37)/t26-,27+,29-/m0/s1. The third-order valence-electron chi connectivity index (χ3n) is 8.64. The first-order valence-electron chi connectivity index (χ1n) is 14.2. The van der Waals surface area contributed by atoms with E-state index in [-0.39, 0.29) is 23.7 Å². The van der Waals surface area contributed by atoms with Crippen LogP contribution in [-0.4, -0.2) is 67.4 Å². The van der Waals surface area contributed by atoms with Crippen molar-refractivity contribution in [3.63, 3.8) is 0 Å². The van der Waals surface area contributed by atoms with Crippen LogP contribution in [0.1, 0.15) is 48.8 Å². The minimum Gasteiger partial charge on any atom is -0.356 e. The molecule has 3 aliphatic rings. The minimum atomic E-state index is -0.200. The third-order valence-corrected chi connectivity index (χ3v) is 8.64. The first-order chi connectivity index (χ1) is 18.0. The molecule has 2 aromatic carbocycles. The Bertz CT molecular complexity index is 1070.